The number of rotatable bonds is 5. The molecule has 1 aliphatic heterocycles. The van der Waals surface area contributed by atoms with Gasteiger partial charge in [0.1, 0.15) is 5.75 Å². The summed E-state index contributed by atoms with van der Waals surface area (Å²) in [4.78, 5) is 4.07. The first-order valence-corrected chi connectivity index (χ1v) is 11.6. The van der Waals surface area contributed by atoms with Gasteiger partial charge >= 0.3 is 12.5 Å². The first-order chi connectivity index (χ1) is 16.3. The number of ether oxygens (including phenoxy) is 1. The Bertz CT molecular complexity index is 1260. The van der Waals surface area contributed by atoms with Crippen molar-refractivity contribution >= 4 is 10.0 Å². The summed E-state index contributed by atoms with van der Waals surface area (Å²) in [5.41, 5.74) is -0.466. The second kappa shape index (κ2) is 9.15. The molecule has 2 aromatic carbocycles. The highest BCUT2D eigenvalue weighted by Crippen LogP contribution is 2.33. The van der Waals surface area contributed by atoms with Gasteiger partial charge in [-0.25, -0.2) is 8.42 Å². The molecule has 1 aromatic heterocycles. The van der Waals surface area contributed by atoms with E-state index in [0.29, 0.717) is 18.4 Å². The molecular weight excluding hydrogens is 504 g/mol. The quantitative estimate of drug-likeness (QED) is 0.428. The van der Waals surface area contributed by atoms with Crippen molar-refractivity contribution in [3.63, 3.8) is 0 Å². The number of piperidine rings is 1. The summed E-state index contributed by atoms with van der Waals surface area (Å²) >= 11 is 0. The topological polar surface area (TPSA) is 85.5 Å². The van der Waals surface area contributed by atoms with Gasteiger partial charge in [-0.05, 0) is 49.2 Å². The summed E-state index contributed by atoms with van der Waals surface area (Å²) in [5, 5.41) is 3.81. The number of benzene rings is 2. The number of sulfonamides is 1. The molecule has 0 spiro atoms. The Morgan fingerprint density at radius 2 is 1.51 bits per heavy atom. The lowest BCUT2D eigenvalue weighted by molar-refractivity contribution is -0.274. The molecule has 1 saturated heterocycles. The molecule has 0 amide bonds. The lowest BCUT2D eigenvalue weighted by Gasteiger charge is -2.29. The normalized spacial score (nSPS) is 16.4. The fourth-order valence-corrected chi connectivity index (χ4v) is 5.10. The van der Waals surface area contributed by atoms with E-state index in [1.807, 2.05) is 0 Å². The molecule has 3 aromatic rings. The third kappa shape index (κ3) is 5.75. The van der Waals surface area contributed by atoms with Crippen LogP contribution >= 0.6 is 0 Å². The van der Waals surface area contributed by atoms with Crippen LogP contribution in [-0.4, -0.2) is 42.3 Å². The Morgan fingerprint density at radius 1 is 0.914 bits per heavy atom. The van der Waals surface area contributed by atoms with Crippen molar-refractivity contribution in [2.24, 2.45) is 0 Å². The van der Waals surface area contributed by atoms with Crippen molar-refractivity contribution in [2.75, 3.05) is 13.1 Å². The lowest BCUT2D eigenvalue weighted by atomic mass is 9.98. The molecule has 0 unspecified atom stereocenters. The summed E-state index contributed by atoms with van der Waals surface area (Å²) in [6.07, 6.45) is -8.68. The van der Waals surface area contributed by atoms with Crippen LogP contribution in [0.4, 0.5) is 26.3 Å². The third-order valence-corrected chi connectivity index (χ3v) is 7.32. The van der Waals surface area contributed by atoms with Gasteiger partial charge in [-0.15, -0.1) is 13.2 Å². The number of alkyl halides is 6. The van der Waals surface area contributed by atoms with Crippen LogP contribution in [0.1, 0.15) is 30.2 Å². The largest absolute Gasteiger partial charge is 0.573 e. The molecule has 1 aliphatic rings. The van der Waals surface area contributed by atoms with Crippen LogP contribution in [0.25, 0.3) is 11.4 Å². The van der Waals surface area contributed by atoms with Crippen molar-refractivity contribution in [1.82, 2.24) is 14.4 Å². The van der Waals surface area contributed by atoms with E-state index in [2.05, 4.69) is 14.9 Å². The SMILES string of the molecule is O=S(=O)(c1ccc(OC(F)(F)F)cc1)N1CCC(c2nc(-c3ccc(C(F)(F)F)cc3)no2)CC1. The van der Waals surface area contributed by atoms with E-state index < -0.39 is 33.9 Å². The van der Waals surface area contributed by atoms with Gasteiger partial charge in [-0.1, -0.05) is 17.3 Å². The number of hydrogen-bond donors (Lipinski definition) is 0. The predicted molar refractivity (Wildman–Crippen MR) is 109 cm³/mol. The molecule has 0 aliphatic carbocycles. The van der Waals surface area contributed by atoms with E-state index in [0.717, 1.165) is 36.4 Å². The van der Waals surface area contributed by atoms with E-state index in [1.54, 1.807) is 0 Å². The number of aromatic nitrogens is 2. The first kappa shape index (κ1) is 25.0. The minimum Gasteiger partial charge on any atom is -0.406 e. The maximum atomic E-state index is 12.8. The molecule has 1 fully saturated rings. The Balaban J connectivity index is 1.39. The summed E-state index contributed by atoms with van der Waals surface area (Å²) in [6, 6.07) is 8.22. The second-order valence-corrected chi connectivity index (χ2v) is 9.67. The first-order valence-electron chi connectivity index (χ1n) is 10.2. The zero-order valence-electron chi connectivity index (χ0n) is 17.7. The van der Waals surface area contributed by atoms with Crippen molar-refractivity contribution < 1.29 is 44.0 Å². The highest BCUT2D eigenvalue weighted by atomic mass is 32.2. The molecule has 0 bridgehead atoms. The Morgan fingerprint density at radius 3 is 2.06 bits per heavy atom. The van der Waals surface area contributed by atoms with E-state index in [1.165, 1.54) is 16.4 Å². The average molecular weight is 521 g/mol. The molecule has 188 valence electrons. The Hall–Kier alpha value is -3.13. The van der Waals surface area contributed by atoms with Gasteiger partial charge in [0.2, 0.25) is 21.7 Å². The van der Waals surface area contributed by atoms with Gasteiger partial charge in [0, 0.05) is 24.6 Å². The highest BCUT2D eigenvalue weighted by molar-refractivity contribution is 7.89. The highest BCUT2D eigenvalue weighted by Gasteiger charge is 2.34. The minimum absolute atomic E-state index is 0.103. The number of nitrogens with zero attached hydrogens (tertiary/aromatic N) is 3. The van der Waals surface area contributed by atoms with Crippen molar-refractivity contribution in [1.29, 1.82) is 0 Å². The molecule has 7 nitrogen and oxygen atoms in total. The van der Waals surface area contributed by atoms with E-state index in [9.17, 15) is 34.8 Å². The van der Waals surface area contributed by atoms with Crippen molar-refractivity contribution in [2.45, 2.75) is 36.2 Å². The standard InChI is InChI=1S/C21H17F6N3O4S/c22-20(23,24)15-3-1-13(2-4-15)18-28-19(34-29-18)14-9-11-30(12-10-14)35(31,32)17-7-5-16(6-8-17)33-21(25,26)27/h1-8,14H,9-12H2. The summed E-state index contributed by atoms with van der Waals surface area (Å²) in [7, 11) is -3.94. The van der Waals surface area contributed by atoms with Crippen LogP contribution in [-0.2, 0) is 16.2 Å². The lowest BCUT2D eigenvalue weighted by Crippen LogP contribution is -2.37. The van der Waals surface area contributed by atoms with E-state index in [-0.39, 0.29) is 35.6 Å². The maximum Gasteiger partial charge on any atom is 0.573 e. The summed E-state index contributed by atoms with van der Waals surface area (Å²) < 4.78 is 111. The number of halogens is 6. The Kier molecular flexibility index (Phi) is 6.53. The average Bonchev–Trinajstić information content (AvgIpc) is 3.28. The fourth-order valence-electron chi connectivity index (χ4n) is 3.63. The monoisotopic (exact) mass is 521 g/mol. The van der Waals surface area contributed by atoms with Crippen LogP contribution in [0.3, 0.4) is 0 Å². The van der Waals surface area contributed by atoms with Gasteiger partial charge in [0.25, 0.3) is 0 Å². The summed E-state index contributed by atoms with van der Waals surface area (Å²) in [5.74, 6) is -0.439. The van der Waals surface area contributed by atoms with Crippen LogP contribution in [0.5, 0.6) is 5.75 Å². The van der Waals surface area contributed by atoms with E-state index in [4.69, 9.17) is 4.52 Å². The van der Waals surface area contributed by atoms with Crippen LogP contribution in [0, 0.1) is 0 Å². The van der Waals surface area contributed by atoms with Crippen LogP contribution in [0.15, 0.2) is 57.9 Å². The molecule has 14 heteroatoms. The molecular formula is C21H17F6N3O4S. The summed E-state index contributed by atoms with van der Waals surface area (Å²) in [6.45, 7) is 0.206. The smallest absolute Gasteiger partial charge is 0.406 e. The Labute approximate surface area is 195 Å². The molecule has 4 rings (SSSR count). The third-order valence-electron chi connectivity index (χ3n) is 5.41. The van der Waals surface area contributed by atoms with Crippen molar-refractivity contribution in [3.8, 4) is 17.1 Å². The zero-order chi connectivity index (χ0) is 25.4. The van der Waals surface area contributed by atoms with Gasteiger partial charge in [0.05, 0.1) is 10.5 Å². The van der Waals surface area contributed by atoms with Gasteiger partial charge in [-0.2, -0.15) is 22.5 Å². The maximum absolute atomic E-state index is 12.8. The van der Waals surface area contributed by atoms with Crippen LogP contribution < -0.4 is 4.74 Å². The van der Waals surface area contributed by atoms with Crippen LogP contribution in [0.2, 0.25) is 0 Å². The minimum atomic E-state index is -4.89. The molecule has 0 radical (unpaired) electrons. The van der Waals surface area contributed by atoms with E-state index >= 15 is 0 Å². The van der Waals surface area contributed by atoms with Gasteiger partial charge in [-0.3, -0.25) is 0 Å². The molecule has 35 heavy (non-hydrogen) atoms. The zero-order valence-corrected chi connectivity index (χ0v) is 18.5. The number of hydrogen-bond acceptors (Lipinski definition) is 6. The molecule has 0 atom stereocenters. The van der Waals surface area contributed by atoms with Crippen molar-refractivity contribution in [3.05, 3.63) is 60.0 Å². The molecule has 0 saturated carbocycles. The fraction of sp³-hybridized carbons (Fsp3) is 0.333. The van der Waals surface area contributed by atoms with Gasteiger partial charge < -0.3 is 9.26 Å². The molecule has 2 heterocycles. The molecule has 0 N–H and O–H groups in total. The predicted octanol–water partition coefficient (Wildman–Crippen LogP) is 5.22. The second-order valence-electron chi connectivity index (χ2n) is 7.73. The van der Waals surface area contributed by atoms with Gasteiger partial charge in [0.15, 0.2) is 0 Å².